The molecular formula is C15H16N2O. The molecule has 0 heterocycles. The second-order valence-corrected chi connectivity index (χ2v) is 4.23. The lowest BCUT2D eigenvalue weighted by atomic mass is 10.1. The predicted octanol–water partition coefficient (Wildman–Crippen LogP) is 3.54. The normalized spacial score (nSPS) is 11.3. The van der Waals surface area contributed by atoms with Crippen LogP contribution in [-0.2, 0) is 0 Å². The molecule has 0 unspecified atom stereocenters. The molecule has 0 aliphatic rings. The first-order valence-corrected chi connectivity index (χ1v) is 5.81. The number of nitrogens with zero attached hydrogens (tertiary/aromatic N) is 1. The highest BCUT2D eigenvalue weighted by atomic mass is 16.3. The van der Waals surface area contributed by atoms with Crippen LogP contribution in [-0.4, -0.2) is 10.8 Å². The van der Waals surface area contributed by atoms with Crippen molar-refractivity contribution in [3.63, 3.8) is 0 Å². The lowest BCUT2D eigenvalue weighted by molar-refractivity contribution is 0.475. The average Bonchev–Trinajstić information content (AvgIpc) is 2.37. The highest BCUT2D eigenvalue weighted by Crippen LogP contribution is 2.12. The monoisotopic (exact) mass is 240 g/mol. The van der Waals surface area contributed by atoms with Gasteiger partial charge >= 0.3 is 0 Å². The van der Waals surface area contributed by atoms with E-state index in [1.807, 2.05) is 50.2 Å². The summed E-state index contributed by atoms with van der Waals surface area (Å²) in [5, 5.41) is 13.5. The van der Waals surface area contributed by atoms with Crippen LogP contribution in [0.2, 0.25) is 0 Å². The zero-order valence-corrected chi connectivity index (χ0v) is 10.5. The maximum Gasteiger partial charge on any atom is 0.115 e. The van der Waals surface area contributed by atoms with E-state index in [4.69, 9.17) is 0 Å². The van der Waals surface area contributed by atoms with Crippen LogP contribution in [0.3, 0.4) is 0 Å². The van der Waals surface area contributed by atoms with E-state index in [9.17, 15) is 5.11 Å². The molecule has 92 valence electrons. The Labute approximate surface area is 107 Å². The summed E-state index contributed by atoms with van der Waals surface area (Å²) in [6.45, 7) is 3.97. The van der Waals surface area contributed by atoms with Crippen molar-refractivity contribution >= 4 is 11.4 Å². The van der Waals surface area contributed by atoms with Crippen molar-refractivity contribution in [3.05, 3.63) is 59.7 Å². The number of hydrogen-bond donors (Lipinski definition) is 2. The molecule has 0 atom stereocenters. The first kappa shape index (κ1) is 12.2. The standard InChI is InChI=1S/C15H16N2O/c1-11-4-3-5-14(10-11)17-16-12(2)13-6-8-15(18)9-7-13/h3-10,17-18H,1-2H3/b16-12+. The maximum absolute atomic E-state index is 9.22. The van der Waals surface area contributed by atoms with Gasteiger partial charge in [0.1, 0.15) is 5.75 Å². The molecule has 0 amide bonds. The van der Waals surface area contributed by atoms with E-state index in [0.717, 1.165) is 17.0 Å². The Bertz CT molecular complexity index is 559. The molecule has 0 aliphatic heterocycles. The zero-order chi connectivity index (χ0) is 13.0. The SMILES string of the molecule is C/C(=N\Nc1cccc(C)c1)c1ccc(O)cc1. The van der Waals surface area contributed by atoms with E-state index < -0.39 is 0 Å². The summed E-state index contributed by atoms with van der Waals surface area (Å²) >= 11 is 0. The molecule has 2 aromatic rings. The quantitative estimate of drug-likeness (QED) is 0.636. The summed E-state index contributed by atoms with van der Waals surface area (Å²) in [5.74, 6) is 0.262. The molecule has 0 saturated carbocycles. The van der Waals surface area contributed by atoms with Crippen LogP contribution < -0.4 is 5.43 Å². The summed E-state index contributed by atoms with van der Waals surface area (Å²) in [6, 6.07) is 15.0. The van der Waals surface area contributed by atoms with Gasteiger partial charge in [0.05, 0.1) is 11.4 Å². The largest absolute Gasteiger partial charge is 0.508 e. The minimum Gasteiger partial charge on any atom is -0.508 e. The Morgan fingerprint density at radius 1 is 1.11 bits per heavy atom. The van der Waals surface area contributed by atoms with Crippen molar-refractivity contribution in [2.45, 2.75) is 13.8 Å². The van der Waals surface area contributed by atoms with E-state index in [1.54, 1.807) is 12.1 Å². The first-order valence-electron chi connectivity index (χ1n) is 5.81. The molecular weight excluding hydrogens is 224 g/mol. The molecule has 0 bridgehead atoms. The number of hydrazone groups is 1. The number of hydrogen-bond acceptors (Lipinski definition) is 3. The average molecular weight is 240 g/mol. The van der Waals surface area contributed by atoms with Gasteiger partial charge in [0.15, 0.2) is 0 Å². The van der Waals surface area contributed by atoms with Gasteiger partial charge < -0.3 is 5.11 Å². The van der Waals surface area contributed by atoms with E-state index in [2.05, 4.69) is 10.5 Å². The highest BCUT2D eigenvalue weighted by Gasteiger charge is 1.97. The molecule has 0 aromatic heterocycles. The van der Waals surface area contributed by atoms with E-state index >= 15 is 0 Å². The summed E-state index contributed by atoms with van der Waals surface area (Å²) in [7, 11) is 0. The van der Waals surface area contributed by atoms with Crippen LogP contribution in [0.4, 0.5) is 5.69 Å². The minimum atomic E-state index is 0.262. The Kier molecular flexibility index (Phi) is 3.63. The molecule has 0 fully saturated rings. The Balaban J connectivity index is 2.11. The van der Waals surface area contributed by atoms with E-state index in [-0.39, 0.29) is 5.75 Å². The lowest BCUT2D eigenvalue weighted by Gasteiger charge is -2.04. The number of rotatable bonds is 3. The molecule has 2 N–H and O–H groups in total. The van der Waals surface area contributed by atoms with Gasteiger partial charge in [-0.05, 0) is 61.4 Å². The van der Waals surface area contributed by atoms with Crippen LogP contribution in [0.15, 0.2) is 53.6 Å². The summed E-state index contributed by atoms with van der Waals surface area (Å²) in [5.41, 5.74) is 7.03. The summed E-state index contributed by atoms with van der Waals surface area (Å²) < 4.78 is 0. The Hall–Kier alpha value is -2.29. The van der Waals surface area contributed by atoms with Gasteiger partial charge in [-0.3, -0.25) is 5.43 Å². The molecule has 0 saturated heterocycles. The highest BCUT2D eigenvalue weighted by molar-refractivity contribution is 5.99. The third kappa shape index (κ3) is 3.10. The van der Waals surface area contributed by atoms with Crippen molar-refractivity contribution < 1.29 is 5.11 Å². The second-order valence-electron chi connectivity index (χ2n) is 4.23. The van der Waals surface area contributed by atoms with Crippen LogP contribution in [0.25, 0.3) is 0 Å². The van der Waals surface area contributed by atoms with Gasteiger partial charge in [-0.1, -0.05) is 12.1 Å². The van der Waals surface area contributed by atoms with Crippen molar-refractivity contribution in [2.24, 2.45) is 5.10 Å². The maximum atomic E-state index is 9.22. The van der Waals surface area contributed by atoms with E-state index in [1.165, 1.54) is 5.56 Å². The first-order chi connectivity index (χ1) is 8.65. The fraction of sp³-hybridized carbons (Fsp3) is 0.133. The second kappa shape index (κ2) is 5.36. The fourth-order valence-electron chi connectivity index (χ4n) is 1.63. The summed E-state index contributed by atoms with van der Waals surface area (Å²) in [6.07, 6.45) is 0. The fourth-order valence-corrected chi connectivity index (χ4v) is 1.63. The van der Waals surface area contributed by atoms with Gasteiger partial charge in [0.2, 0.25) is 0 Å². The number of phenolic OH excluding ortho intramolecular Hbond substituents is 1. The van der Waals surface area contributed by atoms with Crippen molar-refractivity contribution in [2.75, 3.05) is 5.43 Å². The summed E-state index contributed by atoms with van der Waals surface area (Å²) in [4.78, 5) is 0. The molecule has 18 heavy (non-hydrogen) atoms. The van der Waals surface area contributed by atoms with Gasteiger partial charge in [-0.25, -0.2) is 0 Å². The lowest BCUT2D eigenvalue weighted by Crippen LogP contribution is -1.99. The molecule has 3 nitrogen and oxygen atoms in total. The number of benzene rings is 2. The van der Waals surface area contributed by atoms with Crippen LogP contribution >= 0.6 is 0 Å². The van der Waals surface area contributed by atoms with E-state index in [0.29, 0.717) is 0 Å². The van der Waals surface area contributed by atoms with Crippen LogP contribution in [0.1, 0.15) is 18.1 Å². The van der Waals surface area contributed by atoms with Gasteiger partial charge in [0, 0.05) is 0 Å². The zero-order valence-electron chi connectivity index (χ0n) is 10.5. The van der Waals surface area contributed by atoms with Gasteiger partial charge in [-0.2, -0.15) is 5.10 Å². The predicted molar refractivity (Wildman–Crippen MR) is 75.1 cm³/mol. The Morgan fingerprint density at radius 2 is 1.83 bits per heavy atom. The minimum absolute atomic E-state index is 0.262. The topological polar surface area (TPSA) is 44.6 Å². The number of phenols is 1. The third-order valence-electron chi connectivity index (χ3n) is 2.66. The van der Waals surface area contributed by atoms with Crippen LogP contribution in [0, 0.1) is 6.92 Å². The number of aryl methyl sites for hydroxylation is 1. The van der Waals surface area contributed by atoms with Gasteiger partial charge in [-0.15, -0.1) is 0 Å². The van der Waals surface area contributed by atoms with Crippen molar-refractivity contribution in [1.29, 1.82) is 0 Å². The molecule has 0 aliphatic carbocycles. The molecule has 2 aromatic carbocycles. The smallest absolute Gasteiger partial charge is 0.115 e. The molecule has 3 heteroatoms. The van der Waals surface area contributed by atoms with Gasteiger partial charge in [0.25, 0.3) is 0 Å². The molecule has 0 radical (unpaired) electrons. The molecule has 2 rings (SSSR count). The van der Waals surface area contributed by atoms with Crippen molar-refractivity contribution in [1.82, 2.24) is 0 Å². The van der Waals surface area contributed by atoms with Crippen LogP contribution in [0.5, 0.6) is 5.75 Å². The number of aromatic hydroxyl groups is 1. The Morgan fingerprint density at radius 3 is 2.50 bits per heavy atom. The number of anilines is 1. The molecule has 0 spiro atoms. The van der Waals surface area contributed by atoms with Crippen molar-refractivity contribution in [3.8, 4) is 5.75 Å². The number of nitrogens with one attached hydrogen (secondary N) is 1. The third-order valence-corrected chi connectivity index (χ3v) is 2.66.